The van der Waals surface area contributed by atoms with E-state index < -0.39 is 0 Å². The molecule has 0 fully saturated rings. The summed E-state index contributed by atoms with van der Waals surface area (Å²) in [6.45, 7) is 14.8. The third kappa shape index (κ3) is 9.72. The average Bonchev–Trinajstić information content (AvgIpc) is 0.794. The van der Waals surface area contributed by atoms with E-state index in [1.807, 2.05) is 12.4 Å². The summed E-state index contributed by atoms with van der Waals surface area (Å²) in [5.41, 5.74) is 30.7. The van der Waals surface area contributed by atoms with E-state index in [0.29, 0.717) is 13.1 Å². The number of rotatable bonds is 11. The van der Waals surface area contributed by atoms with Gasteiger partial charge in [0, 0.05) is 82.5 Å². The second-order valence-corrected chi connectivity index (χ2v) is 26.9. The molecule has 0 saturated carbocycles. The summed E-state index contributed by atoms with van der Waals surface area (Å²) in [4.78, 5) is 15.1. The lowest BCUT2D eigenvalue weighted by Gasteiger charge is -2.45. The van der Waals surface area contributed by atoms with Crippen molar-refractivity contribution in [2.75, 3.05) is 9.80 Å². The van der Waals surface area contributed by atoms with Gasteiger partial charge in [-0.2, -0.15) is 0 Å². The summed E-state index contributed by atoms with van der Waals surface area (Å²) >= 11 is 0. The molecule has 14 aromatic rings. The Morgan fingerprint density at radius 2 is 0.685 bits per heavy atom. The van der Waals surface area contributed by atoms with Gasteiger partial charge in [0.2, 0.25) is 0 Å². The molecule has 0 unspecified atom stereocenters. The lowest BCUT2D eigenvalue weighted by atomic mass is 9.33. The van der Waals surface area contributed by atoms with Crippen LogP contribution in [-0.4, -0.2) is 21.2 Å². The van der Waals surface area contributed by atoms with E-state index in [0.717, 1.165) is 39.0 Å². The highest BCUT2D eigenvalue weighted by atomic mass is 15.2. The Hall–Kier alpha value is -10.8. The minimum absolute atomic E-state index is 0.145. The van der Waals surface area contributed by atoms with Gasteiger partial charge in [0.05, 0.1) is 16.7 Å². The topological polar surface area (TPSA) is 37.2 Å². The maximum Gasteiger partial charge on any atom is 0.252 e. The van der Waals surface area contributed by atoms with Gasteiger partial charge in [0.1, 0.15) is 0 Å². The molecule has 0 N–H and O–H groups in total. The molecule has 0 spiro atoms. The molecular weight excluding hydrogens is 1110 g/mol. The highest BCUT2D eigenvalue weighted by Crippen LogP contribution is 2.48. The van der Waals surface area contributed by atoms with Crippen molar-refractivity contribution in [1.82, 2.24) is 14.5 Å². The molecule has 0 atom stereocenters. The molecule has 11 aromatic carbocycles. The van der Waals surface area contributed by atoms with Crippen LogP contribution in [0.2, 0.25) is 0 Å². The number of anilines is 4. The van der Waals surface area contributed by atoms with Crippen LogP contribution in [0.15, 0.2) is 292 Å². The van der Waals surface area contributed by atoms with E-state index in [-0.39, 0.29) is 17.5 Å². The Balaban J connectivity index is 1.05. The highest BCUT2D eigenvalue weighted by Gasteiger charge is 2.44. The van der Waals surface area contributed by atoms with Crippen molar-refractivity contribution in [3.8, 4) is 72.4 Å². The van der Waals surface area contributed by atoms with Gasteiger partial charge in [-0.25, -0.2) is 0 Å². The molecule has 92 heavy (non-hydrogen) atoms. The lowest BCUT2D eigenvalue weighted by Crippen LogP contribution is -2.62. The van der Waals surface area contributed by atoms with Gasteiger partial charge < -0.3 is 14.4 Å². The van der Waals surface area contributed by atoms with Crippen molar-refractivity contribution in [3.63, 3.8) is 0 Å². The van der Waals surface area contributed by atoms with Crippen LogP contribution in [-0.2, 0) is 23.9 Å². The van der Waals surface area contributed by atoms with Gasteiger partial charge >= 0.3 is 0 Å². The van der Waals surface area contributed by atoms with Gasteiger partial charge in [-0.3, -0.25) is 9.97 Å². The molecular formula is C86H70BN5. The van der Waals surface area contributed by atoms with E-state index in [2.05, 4.69) is 335 Å². The van der Waals surface area contributed by atoms with Crippen LogP contribution < -0.4 is 26.2 Å². The maximum atomic E-state index is 4.86. The number of benzene rings is 11. The predicted molar refractivity (Wildman–Crippen MR) is 388 cm³/mol. The molecule has 3 aromatic heterocycles. The zero-order chi connectivity index (χ0) is 62.2. The van der Waals surface area contributed by atoms with Gasteiger partial charge in [-0.05, 0) is 154 Å². The Bertz CT molecular complexity index is 4710. The van der Waals surface area contributed by atoms with E-state index in [1.54, 1.807) is 0 Å². The van der Waals surface area contributed by atoms with Gasteiger partial charge in [-0.1, -0.05) is 260 Å². The summed E-state index contributed by atoms with van der Waals surface area (Å²) in [6, 6.07) is 99.8. The Labute approximate surface area is 540 Å². The molecule has 2 aliphatic rings. The Morgan fingerprint density at radius 1 is 0.326 bits per heavy atom. The molecule has 16 rings (SSSR count). The number of fused-ring (bicyclic) bond motifs is 7. The highest BCUT2D eigenvalue weighted by molar-refractivity contribution is 7.00. The summed E-state index contributed by atoms with van der Waals surface area (Å²) in [5.74, 6) is 0. The fraction of sp³-hybridized carbons (Fsp3) is 0.116. The number of hydrogen-bond acceptors (Lipinski definition) is 4. The van der Waals surface area contributed by atoms with Crippen LogP contribution in [0.25, 0.3) is 94.3 Å². The molecule has 442 valence electrons. The molecule has 0 aliphatic carbocycles. The Kier molecular flexibility index (Phi) is 13.9. The molecule has 5 nitrogen and oxygen atoms in total. The third-order valence-electron chi connectivity index (χ3n) is 19.3. The second-order valence-electron chi connectivity index (χ2n) is 26.9. The lowest BCUT2D eigenvalue weighted by molar-refractivity contribution is 0.591. The number of pyridine rings is 2. The van der Waals surface area contributed by atoms with E-state index in [4.69, 9.17) is 9.97 Å². The van der Waals surface area contributed by atoms with Crippen molar-refractivity contribution >= 4 is 67.7 Å². The normalized spacial score (nSPS) is 12.7. The SMILES string of the molecule is CC(C)(C)c1ccncc1-c1ccc2c(c1)B1c3cc(-c4cnccc4C(C)(C)C)ccc3N(Cc3c(-c4ccccc4)cccc3-c3ccccc3)c3cc(-n4c5ccccc5c5ccccc54)cc(c31)N2Cc1c(-c2ccccc2)cccc1-c1ccccc1. The van der Waals surface area contributed by atoms with Crippen molar-refractivity contribution in [3.05, 3.63) is 314 Å². The van der Waals surface area contributed by atoms with Gasteiger partial charge in [0.15, 0.2) is 0 Å². The number of hydrogen-bond donors (Lipinski definition) is 0. The first-order valence-corrected chi connectivity index (χ1v) is 32.3. The predicted octanol–water partition coefficient (Wildman–Crippen LogP) is 20.0. The smallest absolute Gasteiger partial charge is 0.252 e. The number of aromatic nitrogens is 3. The van der Waals surface area contributed by atoms with E-state index in [9.17, 15) is 0 Å². The van der Waals surface area contributed by atoms with Crippen LogP contribution >= 0.6 is 0 Å². The molecule has 0 bridgehead atoms. The quantitative estimate of drug-likeness (QED) is 0.121. The summed E-state index contributed by atoms with van der Waals surface area (Å²) in [6.07, 6.45) is 8.07. The Morgan fingerprint density at radius 3 is 1.05 bits per heavy atom. The van der Waals surface area contributed by atoms with Crippen molar-refractivity contribution < 1.29 is 0 Å². The van der Waals surface area contributed by atoms with Crippen LogP contribution in [0.4, 0.5) is 22.7 Å². The van der Waals surface area contributed by atoms with Gasteiger partial charge in [0.25, 0.3) is 6.71 Å². The zero-order valence-corrected chi connectivity index (χ0v) is 52.9. The summed E-state index contributed by atoms with van der Waals surface area (Å²) < 4.78 is 2.53. The maximum absolute atomic E-state index is 4.86. The third-order valence-corrected chi connectivity index (χ3v) is 19.3. The van der Waals surface area contributed by atoms with Crippen LogP contribution in [0, 0.1) is 0 Å². The number of nitrogens with zero attached hydrogens (tertiary/aromatic N) is 5. The molecule has 0 saturated heterocycles. The molecule has 2 aliphatic heterocycles. The largest absolute Gasteiger partial charge is 0.338 e. The van der Waals surface area contributed by atoms with Crippen molar-refractivity contribution in [1.29, 1.82) is 0 Å². The summed E-state index contributed by atoms with van der Waals surface area (Å²) in [7, 11) is 0. The molecule has 0 amide bonds. The molecule has 0 radical (unpaired) electrons. The fourth-order valence-electron chi connectivity index (χ4n) is 15.1. The zero-order valence-electron chi connectivity index (χ0n) is 52.9. The first-order valence-electron chi connectivity index (χ1n) is 32.3. The standard InChI is InChI=1S/C86H70BN5/c1-85(2,3)74-45-47-88-53-70(74)61-41-43-80-76(49-61)87-77-50-62(71-54-89-48-46-75(71)86(4,5)6)42-44-81(77)91(56-73-66(59-29-15-9-16-30-59)37-24-38-67(73)60-31-17-10-18-32-60)83-52-63(92-78-39-21-19-33-68(78)69-34-20-22-40-79(69)92)51-82(84(83)87)90(80)55-72-64(57-25-11-7-12-26-57)35-23-36-65(72)58-27-13-8-14-28-58/h7-54H,55-56H2,1-6H3. The molecule has 5 heterocycles. The minimum atomic E-state index is -0.218. The average molecular weight is 1180 g/mol. The molecule has 6 heteroatoms. The van der Waals surface area contributed by atoms with E-state index >= 15 is 0 Å². The fourth-order valence-corrected chi connectivity index (χ4v) is 15.1. The van der Waals surface area contributed by atoms with Crippen molar-refractivity contribution in [2.45, 2.75) is 65.5 Å². The summed E-state index contributed by atoms with van der Waals surface area (Å²) in [5, 5.41) is 2.45. The minimum Gasteiger partial charge on any atom is -0.338 e. The van der Waals surface area contributed by atoms with E-state index in [1.165, 1.54) is 117 Å². The van der Waals surface area contributed by atoms with Crippen LogP contribution in [0.1, 0.15) is 63.8 Å². The first-order chi connectivity index (χ1) is 44.9. The monoisotopic (exact) mass is 1180 g/mol. The van der Waals surface area contributed by atoms with Gasteiger partial charge in [-0.15, -0.1) is 0 Å². The van der Waals surface area contributed by atoms with Crippen molar-refractivity contribution in [2.24, 2.45) is 0 Å². The van der Waals surface area contributed by atoms with Crippen LogP contribution in [0.3, 0.4) is 0 Å². The first kappa shape index (κ1) is 56.4. The number of para-hydroxylation sites is 2. The second kappa shape index (κ2) is 22.6. The van der Waals surface area contributed by atoms with Crippen LogP contribution in [0.5, 0.6) is 0 Å².